The summed E-state index contributed by atoms with van der Waals surface area (Å²) in [6.07, 6.45) is 2.44. The molecule has 1 aliphatic rings. The molecule has 0 bridgehead atoms. The third kappa shape index (κ3) is 7.80. The number of likely N-dealkylation sites (N-methyl/N-ethyl adjacent to an activating group) is 1. The number of aliphatic imine (C=N–C) groups is 1. The van der Waals surface area contributed by atoms with Crippen LogP contribution in [0.5, 0.6) is 0 Å². The first-order valence-electron chi connectivity index (χ1n) is 9.47. The highest BCUT2D eigenvalue weighted by Gasteiger charge is 2.12. The lowest BCUT2D eigenvalue weighted by atomic mass is 10.1. The van der Waals surface area contributed by atoms with Crippen LogP contribution in [0.4, 0.5) is 0 Å². The maximum Gasteiger partial charge on any atom is 0.193 e. The molecule has 1 N–H and O–H groups in total. The van der Waals surface area contributed by atoms with Crippen molar-refractivity contribution in [1.82, 2.24) is 20.0 Å². The number of nitrogens with one attached hydrogen (secondary N) is 1. The van der Waals surface area contributed by atoms with E-state index in [1.54, 1.807) is 0 Å². The smallest absolute Gasteiger partial charge is 0.193 e. The lowest BCUT2D eigenvalue weighted by Gasteiger charge is -2.24. The Morgan fingerprint density at radius 3 is 2.69 bits per heavy atom. The van der Waals surface area contributed by atoms with Crippen molar-refractivity contribution in [3.05, 3.63) is 35.4 Å². The van der Waals surface area contributed by atoms with E-state index in [0.717, 1.165) is 25.5 Å². The van der Waals surface area contributed by atoms with Crippen molar-refractivity contribution in [2.24, 2.45) is 4.99 Å². The van der Waals surface area contributed by atoms with Gasteiger partial charge < -0.3 is 20.0 Å². The van der Waals surface area contributed by atoms with Crippen LogP contribution in [0.1, 0.15) is 24.0 Å². The van der Waals surface area contributed by atoms with Gasteiger partial charge in [0.15, 0.2) is 5.96 Å². The van der Waals surface area contributed by atoms with Gasteiger partial charge in [-0.2, -0.15) is 0 Å². The summed E-state index contributed by atoms with van der Waals surface area (Å²) in [5.74, 6) is 0.971. The van der Waals surface area contributed by atoms with Crippen LogP contribution in [0, 0.1) is 6.92 Å². The molecule has 0 atom stereocenters. The van der Waals surface area contributed by atoms with Gasteiger partial charge in [0.05, 0.1) is 0 Å². The minimum atomic E-state index is 0. The highest BCUT2D eigenvalue weighted by Crippen LogP contribution is 2.09. The molecule has 1 aromatic rings. The van der Waals surface area contributed by atoms with Gasteiger partial charge in [-0.1, -0.05) is 24.3 Å². The molecule has 0 saturated carbocycles. The molecule has 26 heavy (non-hydrogen) atoms. The van der Waals surface area contributed by atoms with Crippen LogP contribution in [-0.4, -0.2) is 81.1 Å². The van der Waals surface area contributed by atoms with Gasteiger partial charge in [0.1, 0.15) is 0 Å². The molecule has 0 aliphatic carbocycles. The van der Waals surface area contributed by atoms with Crippen molar-refractivity contribution in [2.75, 3.05) is 60.4 Å². The molecular weight excluding hydrogens is 437 g/mol. The van der Waals surface area contributed by atoms with Crippen LogP contribution >= 0.6 is 24.0 Å². The number of hydrogen-bond donors (Lipinski definition) is 1. The molecule has 1 fully saturated rings. The van der Waals surface area contributed by atoms with Crippen molar-refractivity contribution in [3.63, 3.8) is 0 Å². The fraction of sp³-hybridized carbons (Fsp3) is 0.650. The van der Waals surface area contributed by atoms with Gasteiger partial charge in [0.2, 0.25) is 0 Å². The molecule has 1 saturated heterocycles. The van der Waals surface area contributed by atoms with Gasteiger partial charge in [-0.25, -0.2) is 0 Å². The first kappa shape index (κ1) is 23.2. The molecule has 5 nitrogen and oxygen atoms in total. The molecule has 1 aliphatic heterocycles. The molecule has 0 radical (unpaired) electrons. The monoisotopic (exact) mass is 473 g/mol. The van der Waals surface area contributed by atoms with Crippen molar-refractivity contribution in [3.8, 4) is 0 Å². The summed E-state index contributed by atoms with van der Waals surface area (Å²) in [5.41, 5.74) is 2.68. The van der Waals surface area contributed by atoms with Gasteiger partial charge >= 0.3 is 0 Å². The lowest BCUT2D eigenvalue weighted by Crippen LogP contribution is -2.40. The third-order valence-electron chi connectivity index (χ3n) is 4.99. The van der Waals surface area contributed by atoms with Crippen molar-refractivity contribution >= 4 is 29.9 Å². The van der Waals surface area contributed by atoms with E-state index in [0.29, 0.717) is 0 Å². The molecule has 0 spiro atoms. The Labute approximate surface area is 176 Å². The second-order valence-corrected chi connectivity index (χ2v) is 7.11. The van der Waals surface area contributed by atoms with Crippen LogP contribution in [0.25, 0.3) is 0 Å². The Balaban J connectivity index is 0.00000338. The summed E-state index contributed by atoms with van der Waals surface area (Å²) in [4.78, 5) is 11.7. The highest BCUT2D eigenvalue weighted by atomic mass is 127. The largest absolute Gasteiger partial charge is 0.356 e. The van der Waals surface area contributed by atoms with Crippen LogP contribution < -0.4 is 5.32 Å². The first-order chi connectivity index (χ1) is 12.1. The van der Waals surface area contributed by atoms with Crippen LogP contribution in [0.2, 0.25) is 0 Å². The number of nitrogens with zero attached hydrogens (tertiary/aromatic N) is 4. The number of guanidine groups is 1. The van der Waals surface area contributed by atoms with Gasteiger partial charge in [-0.3, -0.25) is 4.99 Å². The van der Waals surface area contributed by atoms with Crippen molar-refractivity contribution in [2.45, 2.75) is 26.3 Å². The zero-order valence-electron chi connectivity index (χ0n) is 16.9. The first-order valence-corrected chi connectivity index (χ1v) is 9.47. The number of rotatable bonds is 6. The lowest BCUT2D eigenvalue weighted by molar-refractivity contribution is 0.273. The van der Waals surface area contributed by atoms with Crippen LogP contribution in [0.3, 0.4) is 0 Å². The summed E-state index contributed by atoms with van der Waals surface area (Å²) >= 11 is 0. The topological polar surface area (TPSA) is 34.1 Å². The quantitative estimate of drug-likeness (QED) is 0.298. The molecule has 1 heterocycles. The fourth-order valence-corrected chi connectivity index (χ4v) is 3.33. The summed E-state index contributed by atoms with van der Waals surface area (Å²) in [6, 6.07) is 8.55. The number of halogens is 1. The molecule has 0 aromatic heterocycles. The summed E-state index contributed by atoms with van der Waals surface area (Å²) < 4.78 is 0. The van der Waals surface area contributed by atoms with E-state index in [1.165, 1.54) is 50.3 Å². The Kier molecular flexibility index (Phi) is 11.2. The average molecular weight is 473 g/mol. The maximum atomic E-state index is 4.43. The van der Waals surface area contributed by atoms with E-state index in [-0.39, 0.29) is 24.0 Å². The molecule has 0 unspecified atom stereocenters. The number of aryl methyl sites for hydroxylation is 1. The van der Waals surface area contributed by atoms with Gasteiger partial charge in [0, 0.05) is 40.3 Å². The van der Waals surface area contributed by atoms with Gasteiger partial charge in [-0.15, -0.1) is 24.0 Å². The second kappa shape index (κ2) is 12.5. The molecular formula is C20H36IN5. The Morgan fingerprint density at radius 1 is 1.19 bits per heavy atom. The van der Waals surface area contributed by atoms with Gasteiger partial charge in [0.25, 0.3) is 0 Å². The number of benzene rings is 1. The Hall–Kier alpha value is -0.860. The SMILES string of the molecule is CN=C(NCCCN1CCCN(C)CC1)N(C)Cc1ccccc1C.I. The van der Waals surface area contributed by atoms with Crippen molar-refractivity contribution in [1.29, 1.82) is 0 Å². The minimum absolute atomic E-state index is 0. The van der Waals surface area contributed by atoms with E-state index < -0.39 is 0 Å². The second-order valence-electron chi connectivity index (χ2n) is 7.11. The molecule has 1 aromatic carbocycles. The molecule has 0 amide bonds. The Morgan fingerprint density at radius 2 is 1.96 bits per heavy atom. The summed E-state index contributed by atoms with van der Waals surface area (Å²) in [5, 5.41) is 3.51. The standard InChI is InChI=1S/C20H35N5.HI/c1-18-9-5-6-10-19(18)17-24(4)20(21-2)22-11-7-13-25-14-8-12-23(3)15-16-25;/h5-6,9-10H,7-8,11-17H2,1-4H3,(H,21,22);1H. The van der Waals surface area contributed by atoms with E-state index >= 15 is 0 Å². The van der Waals surface area contributed by atoms with Gasteiger partial charge in [-0.05, 0) is 57.6 Å². The fourth-order valence-electron chi connectivity index (χ4n) is 3.33. The average Bonchev–Trinajstić information content (AvgIpc) is 2.81. The van der Waals surface area contributed by atoms with Crippen LogP contribution in [-0.2, 0) is 6.54 Å². The summed E-state index contributed by atoms with van der Waals surface area (Å²) in [7, 11) is 6.19. The Bertz CT molecular complexity index is 549. The van der Waals surface area contributed by atoms with E-state index in [1.807, 2.05) is 7.05 Å². The highest BCUT2D eigenvalue weighted by molar-refractivity contribution is 14.0. The third-order valence-corrected chi connectivity index (χ3v) is 4.99. The van der Waals surface area contributed by atoms with E-state index in [2.05, 4.69) is 70.3 Å². The molecule has 6 heteroatoms. The van der Waals surface area contributed by atoms with Crippen LogP contribution in [0.15, 0.2) is 29.3 Å². The van der Waals surface area contributed by atoms with E-state index in [4.69, 9.17) is 0 Å². The molecule has 2 rings (SSSR count). The van der Waals surface area contributed by atoms with Crippen molar-refractivity contribution < 1.29 is 0 Å². The minimum Gasteiger partial charge on any atom is -0.356 e. The predicted octanol–water partition coefficient (Wildman–Crippen LogP) is 2.65. The maximum absolute atomic E-state index is 4.43. The predicted molar refractivity (Wildman–Crippen MR) is 123 cm³/mol. The number of hydrogen-bond acceptors (Lipinski definition) is 3. The zero-order valence-corrected chi connectivity index (χ0v) is 19.2. The van der Waals surface area contributed by atoms with E-state index in [9.17, 15) is 0 Å². The summed E-state index contributed by atoms with van der Waals surface area (Å²) in [6.45, 7) is 10.0. The normalized spacial score (nSPS) is 16.7. The zero-order chi connectivity index (χ0) is 18.1. The molecule has 148 valence electrons.